The van der Waals surface area contributed by atoms with Gasteiger partial charge in [0.05, 0.1) is 4.90 Å². The van der Waals surface area contributed by atoms with E-state index < -0.39 is 10.0 Å². The minimum Gasteiger partial charge on any atom is -0.360 e. The molecule has 0 bridgehead atoms. The van der Waals surface area contributed by atoms with Gasteiger partial charge in [-0.15, -0.1) is 0 Å². The Kier molecular flexibility index (Phi) is 4.64. The number of nitrogens with one attached hydrogen (secondary N) is 2. The van der Waals surface area contributed by atoms with Gasteiger partial charge in [0, 0.05) is 12.1 Å². The van der Waals surface area contributed by atoms with E-state index in [0.717, 1.165) is 12.1 Å². The number of aromatic nitrogens is 1. The van der Waals surface area contributed by atoms with Crippen LogP contribution in [0.1, 0.15) is 31.2 Å². The van der Waals surface area contributed by atoms with Crippen LogP contribution in [0.3, 0.4) is 0 Å². The first-order valence-corrected chi connectivity index (χ1v) is 8.20. The van der Waals surface area contributed by atoms with E-state index in [2.05, 4.69) is 15.2 Å². The minimum absolute atomic E-state index is 0.0828. The maximum atomic E-state index is 12.3. The third kappa shape index (κ3) is 3.83. The van der Waals surface area contributed by atoms with Crippen LogP contribution in [-0.2, 0) is 10.0 Å². The van der Waals surface area contributed by atoms with E-state index in [1.165, 1.54) is 6.07 Å². The van der Waals surface area contributed by atoms with Crippen LogP contribution in [0.4, 0.5) is 5.82 Å². The molecule has 2 aromatic rings. The standard InChI is InChI=1S/C14H19N3O3S/c1-4-15-11(3)12-6-5-7-13(9-12)21(18,19)17-14-8-10(2)20-16-14/h5-9,11,15H,4H2,1-3H3,(H,16,17). The lowest BCUT2D eigenvalue weighted by Crippen LogP contribution is -2.19. The lowest BCUT2D eigenvalue weighted by atomic mass is 10.1. The van der Waals surface area contributed by atoms with Gasteiger partial charge in [-0.1, -0.05) is 24.2 Å². The van der Waals surface area contributed by atoms with Gasteiger partial charge in [0.2, 0.25) is 0 Å². The molecule has 2 rings (SSSR count). The van der Waals surface area contributed by atoms with Gasteiger partial charge in [-0.05, 0) is 38.1 Å². The molecule has 114 valence electrons. The molecule has 1 aromatic heterocycles. The smallest absolute Gasteiger partial charge is 0.263 e. The van der Waals surface area contributed by atoms with Gasteiger partial charge in [0.25, 0.3) is 10.0 Å². The average molecular weight is 309 g/mol. The second-order valence-corrected chi connectivity index (χ2v) is 6.46. The van der Waals surface area contributed by atoms with Crippen LogP contribution in [0.25, 0.3) is 0 Å². The Morgan fingerprint density at radius 1 is 1.33 bits per heavy atom. The van der Waals surface area contributed by atoms with Gasteiger partial charge in [-0.3, -0.25) is 4.72 Å². The van der Waals surface area contributed by atoms with Gasteiger partial charge in [-0.25, -0.2) is 8.42 Å². The van der Waals surface area contributed by atoms with E-state index in [0.29, 0.717) is 5.76 Å². The maximum absolute atomic E-state index is 12.3. The minimum atomic E-state index is -3.67. The van der Waals surface area contributed by atoms with E-state index in [-0.39, 0.29) is 16.8 Å². The summed E-state index contributed by atoms with van der Waals surface area (Å²) in [6.45, 7) is 6.51. The molecule has 1 atom stereocenters. The molecular formula is C14H19N3O3S. The average Bonchev–Trinajstić information content (AvgIpc) is 2.84. The number of nitrogens with zero attached hydrogens (tertiary/aromatic N) is 1. The first-order chi connectivity index (χ1) is 9.92. The summed E-state index contributed by atoms with van der Waals surface area (Å²) in [7, 11) is -3.67. The Morgan fingerprint density at radius 3 is 2.71 bits per heavy atom. The van der Waals surface area contributed by atoms with E-state index in [1.54, 1.807) is 25.1 Å². The monoisotopic (exact) mass is 309 g/mol. The molecule has 0 amide bonds. The lowest BCUT2D eigenvalue weighted by molar-refractivity contribution is 0.400. The Balaban J connectivity index is 2.25. The lowest BCUT2D eigenvalue weighted by Gasteiger charge is -2.14. The Bertz CT molecular complexity index is 710. The van der Waals surface area contributed by atoms with Crippen LogP contribution in [0.5, 0.6) is 0 Å². The molecular weight excluding hydrogens is 290 g/mol. The van der Waals surface area contributed by atoms with Crippen molar-refractivity contribution in [2.75, 3.05) is 11.3 Å². The number of hydrogen-bond acceptors (Lipinski definition) is 5. The predicted octanol–water partition coefficient (Wildman–Crippen LogP) is 2.45. The van der Waals surface area contributed by atoms with Gasteiger partial charge < -0.3 is 9.84 Å². The molecule has 0 aliphatic heterocycles. The van der Waals surface area contributed by atoms with Crippen LogP contribution >= 0.6 is 0 Å². The summed E-state index contributed by atoms with van der Waals surface area (Å²) in [5.74, 6) is 0.722. The fourth-order valence-corrected chi connectivity index (χ4v) is 3.02. The van der Waals surface area contributed by atoms with Crippen molar-refractivity contribution < 1.29 is 12.9 Å². The molecule has 1 heterocycles. The zero-order chi connectivity index (χ0) is 15.5. The number of rotatable bonds is 6. The molecule has 21 heavy (non-hydrogen) atoms. The van der Waals surface area contributed by atoms with Crippen molar-refractivity contribution in [3.8, 4) is 0 Å². The predicted molar refractivity (Wildman–Crippen MR) is 80.6 cm³/mol. The molecule has 7 heteroatoms. The van der Waals surface area contributed by atoms with Crippen molar-refractivity contribution in [2.24, 2.45) is 0 Å². The quantitative estimate of drug-likeness (QED) is 0.856. The van der Waals surface area contributed by atoms with Gasteiger partial charge in [-0.2, -0.15) is 0 Å². The van der Waals surface area contributed by atoms with Gasteiger partial charge in [0.15, 0.2) is 5.82 Å². The fourth-order valence-electron chi connectivity index (χ4n) is 1.99. The molecule has 0 saturated heterocycles. The molecule has 1 aromatic carbocycles. The highest BCUT2D eigenvalue weighted by atomic mass is 32.2. The number of anilines is 1. The summed E-state index contributed by atoms with van der Waals surface area (Å²) in [4.78, 5) is 0.199. The number of benzene rings is 1. The largest absolute Gasteiger partial charge is 0.360 e. The summed E-state index contributed by atoms with van der Waals surface area (Å²) in [6.07, 6.45) is 0. The van der Waals surface area contributed by atoms with Crippen LogP contribution in [0, 0.1) is 6.92 Å². The van der Waals surface area contributed by atoms with E-state index in [9.17, 15) is 8.42 Å². The van der Waals surface area contributed by atoms with Crippen molar-refractivity contribution in [3.63, 3.8) is 0 Å². The third-order valence-corrected chi connectivity index (χ3v) is 4.40. The second kappa shape index (κ2) is 6.28. The van der Waals surface area contributed by atoms with E-state index in [4.69, 9.17) is 4.52 Å². The number of aryl methyl sites for hydroxylation is 1. The molecule has 0 aliphatic carbocycles. The highest BCUT2D eigenvalue weighted by Crippen LogP contribution is 2.20. The maximum Gasteiger partial charge on any atom is 0.263 e. The molecule has 0 fully saturated rings. The van der Waals surface area contributed by atoms with Crippen molar-refractivity contribution in [1.82, 2.24) is 10.5 Å². The first kappa shape index (κ1) is 15.5. The molecule has 0 saturated carbocycles. The summed E-state index contributed by atoms with van der Waals surface area (Å²) >= 11 is 0. The molecule has 0 aliphatic rings. The molecule has 2 N–H and O–H groups in total. The molecule has 0 radical (unpaired) electrons. The van der Waals surface area contributed by atoms with Crippen molar-refractivity contribution >= 4 is 15.8 Å². The van der Waals surface area contributed by atoms with E-state index in [1.807, 2.05) is 19.9 Å². The number of hydrogen-bond donors (Lipinski definition) is 2. The zero-order valence-corrected chi connectivity index (χ0v) is 13.1. The summed E-state index contributed by atoms with van der Waals surface area (Å²) in [6, 6.07) is 8.45. The second-order valence-electron chi connectivity index (χ2n) is 4.78. The summed E-state index contributed by atoms with van der Waals surface area (Å²) in [5.41, 5.74) is 0.913. The van der Waals surface area contributed by atoms with Crippen LogP contribution in [0.15, 0.2) is 39.8 Å². The fraction of sp³-hybridized carbons (Fsp3) is 0.357. The Hall–Kier alpha value is -1.86. The number of sulfonamides is 1. The molecule has 0 spiro atoms. The van der Waals surface area contributed by atoms with Crippen LogP contribution in [-0.4, -0.2) is 20.1 Å². The third-order valence-electron chi connectivity index (χ3n) is 3.05. The Morgan fingerprint density at radius 2 is 2.10 bits per heavy atom. The highest BCUT2D eigenvalue weighted by molar-refractivity contribution is 7.92. The van der Waals surface area contributed by atoms with Gasteiger partial charge >= 0.3 is 0 Å². The first-order valence-electron chi connectivity index (χ1n) is 6.72. The van der Waals surface area contributed by atoms with Crippen molar-refractivity contribution in [3.05, 3.63) is 41.7 Å². The van der Waals surface area contributed by atoms with Gasteiger partial charge in [0.1, 0.15) is 5.76 Å². The highest BCUT2D eigenvalue weighted by Gasteiger charge is 2.17. The van der Waals surface area contributed by atoms with E-state index >= 15 is 0 Å². The normalized spacial score (nSPS) is 13.1. The van der Waals surface area contributed by atoms with Crippen molar-refractivity contribution in [1.29, 1.82) is 0 Å². The van der Waals surface area contributed by atoms with Crippen LogP contribution in [0.2, 0.25) is 0 Å². The summed E-state index contributed by atoms with van der Waals surface area (Å²) < 4.78 is 31.9. The molecule has 6 nitrogen and oxygen atoms in total. The zero-order valence-electron chi connectivity index (χ0n) is 12.3. The SMILES string of the molecule is CCNC(C)c1cccc(S(=O)(=O)Nc2cc(C)on2)c1. The molecule has 1 unspecified atom stereocenters. The van der Waals surface area contributed by atoms with Crippen LogP contribution < -0.4 is 10.0 Å². The topological polar surface area (TPSA) is 84.2 Å². The Labute approximate surface area is 124 Å². The summed E-state index contributed by atoms with van der Waals surface area (Å²) in [5, 5.41) is 6.89. The van der Waals surface area contributed by atoms with Crippen molar-refractivity contribution in [2.45, 2.75) is 31.7 Å².